The predicted molar refractivity (Wildman–Crippen MR) is 69.7 cm³/mol. The molecule has 18 heavy (non-hydrogen) atoms. The van der Waals surface area contributed by atoms with E-state index in [0.717, 1.165) is 12.1 Å². The zero-order chi connectivity index (χ0) is 13.6. The summed E-state index contributed by atoms with van der Waals surface area (Å²) in [6.07, 6.45) is 1.19. The van der Waals surface area contributed by atoms with E-state index in [1.165, 1.54) is 24.1 Å². The first-order chi connectivity index (χ1) is 8.38. The second kappa shape index (κ2) is 7.06. The van der Waals surface area contributed by atoms with Crippen LogP contribution in [0, 0.1) is 11.6 Å². The average Bonchev–Trinajstić information content (AvgIpc) is 2.26. The normalized spacial score (nSPS) is 11.7. The van der Waals surface area contributed by atoms with Gasteiger partial charge in [-0.05, 0) is 18.2 Å². The molecule has 0 unspecified atom stereocenters. The first-order valence-corrected chi connectivity index (χ1v) is 8.39. The Morgan fingerprint density at radius 3 is 2.56 bits per heavy atom. The molecule has 0 radical (unpaired) electrons. The molecule has 0 aliphatic heterocycles. The molecule has 0 saturated heterocycles. The Morgan fingerprint density at radius 2 is 1.94 bits per heavy atom. The Bertz CT molecular complexity index is 492. The zero-order valence-electron chi connectivity index (χ0n) is 9.95. The third kappa shape index (κ3) is 6.32. The van der Waals surface area contributed by atoms with Crippen LogP contribution in [0.15, 0.2) is 23.1 Å². The molecular formula is C11H15F2NO2S2. The second-order valence-electron chi connectivity index (χ2n) is 3.80. The first-order valence-electron chi connectivity index (χ1n) is 5.35. The van der Waals surface area contributed by atoms with Crippen molar-refractivity contribution >= 4 is 21.6 Å². The van der Waals surface area contributed by atoms with Crippen LogP contribution in [-0.2, 0) is 9.84 Å². The van der Waals surface area contributed by atoms with Gasteiger partial charge in [-0.3, -0.25) is 0 Å². The smallest absolute Gasteiger partial charge is 0.159 e. The van der Waals surface area contributed by atoms with E-state index in [2.05, 4.69) is 5.32 Å². The quantitative estimate of drug-likeness (QED) is 0.614. The van der Waals surface area contributed by atoms with Crippen LogP contribution in [0.25, 0.3) is 0 Å². The molecule has 0 heterocycles. The average molecular weight is 295 g/mol. The van der Waals surface area contributed by atoms with E-state index in [0.29, 0.717) is 23.7 Å². The van der Waals surface area contributed by atoms with Gasteiger partial charge in [0.1, 0.15) is 9.84 Å². The molecule has 0 spiro atoms. The predicted octanol–water partition coefficient (Wildman–Crippen LogP) is 1.69. The molecule has 7 heteroatoms. The monoisotopic (exact) mass is 295 g/mol. The van der Waals surface area contributed by atoms with E-state index in [4.69, 9.17) is 0 Å². The maximum atomic E-state index is 12.9. The van der Waals surface area contributed by atoms with E-state index >= 15 is 0 Å². The molecule has 0 bridgehead atoms. The highest BCUT2D eigenvalue weighted by Crippen LogP contribution is 2.19. The fourth-order valence-corrected chi connectivity index (χ4v) is 2.54. The number of rotatable bonds is 7. The lowest BCUT2D eigenvalue weighted by Gasteiger charge is -2.04. The second-order valence-corrected chi connectivity index (χ2v) is 7.23. The van der Waals surface area contributed by atoms with E-state index in [9.17, 15) is 17.2 Å². The molecular weight excluding hydrogens is 280 g/mol. The summed E-state index contributed by atoms with van der Waals surface area (Å²) in [5.74, 6) is -0.951. The molecule has 0 aliphatic carbocycles. The minimum Gasteiger partial charge on any atom is -0.315 e. The highest BCUT2D eigenvalue weighted by molar-refractivity contribution is 7.99. The molecule has 0 fully saturated rings. The van der Waals surface area contributed by atoms with Gasteiger partial charge in [-0.1, -0.05) is 0 Å². The Kier molecular flexibility index (Phi) is 6.04. The fourth-order valence-electron chi connectivity index (χ4n) is 1.19. The number of thioether (sulfide) groups is 1. The summed E-state index contributed by atoms with van der Waals surface area (Å²) in [4.78, 5) is 0.652. The number of benzene rings is 1. The highest BCUT2D eigenvalue weighted by atomic mass is 32.2. The van der Waals surface area contributed by atoms with Crippen molar-refractivity contribution in [1.29, 1.82) is 0 Å². The van der Waals surface area contributed by atoms with Crippen molar-refractivity contribution in [3.05, 3.63) is 29.8 Å². The fraction of sp³-hybridized carbons (Fsp3) is 0.455. The largest absolute Gasteiger partial charge is 0.315 e. The van der Waals surface area contributed by atoms with Crippen LogP contribution in [0.3, 0.4) is 0 Å². The minimum atomic E-state index is -2.93. The molecule has 0 atom stereocenters. The summed E-state index contributed by atoms with van der Waals surface area (Å²) in [7, 11) is -2.93. The maximum absolute atomic E-state index is 12.9. The Morgan fingerprint density at radius 1 is 1.22 bits per heavy atom. The molecule has 1 N–H and O–H groups in total. The molecule has 1 aromatic rings. The summed E-state index contributed by atoms with van der Waals surface area (Å²) >= 11 is 1.38. The molecule has 1 rings (SSSR count). The van der Waals surface area contributed by atoms with Crippen LogP contribution in [0.5, 0.6) is 0 Å². The van der Waals surface area contributed by atoms with Gasteiger partial charge in [0, 0.05) is 30.0 Å². The lowest BCUT2D eigenvalue weighted by atomic mass is 10.3. The van der Waals surface area contributed by atoms with Gasteiger partial charge < -0.3 is 5.32 Å². The summed E-state index contributed by atoms with van der Waals surface area (Å²) in [6.45, 7) is 1.01. The molecule has 3 nitrogen and oxygen atoms in total. The summed E-state index contributed by atoms with van der Waals surface area (Å²) in [5, 5.41) is 2.97. The van der Waals surface area contributed by atoms with Crippen molar-refractivity contribution in [2.45, 2.75) is 4.90 Å². The number of sulfone groups is 1. The van der Waals surface area contributed by atoms with Gasteiger partial charge in [0.25, 0.3) is 0 Å². The first kappa shape index (κ1) is 15.4. The van der Waals surface area contributed by atoms with Gasteiger partial charge in [-0.25, -0.2) is 17.2 Å². The van der Waals surface area contributed by atoms with E-state index < -0.39 is 21.5 Å². The molecule has 1 aromatic carbocycles. The van der Waals surface area contributed by atoms with Crippen molar-refractivity contribution in [1.82, 2.24) is 5.32 Å². The summed E-state index contributed by atoms with van der Waals surface area (Å²) < 4.78 is 47.2. The van der Waals surface area contributed by atoms with Gasteiger partial charge >= 0.3 is 0 Å². The molecule has 102 valence electrons. The van der Waals surface area contributed by atoms with Crippen molar-refractivity contribution in [2.75, 3.05) is 30.9 Å². The Balaban J connectivity index is 2.20. The lowest BCUT2D eigenvalue weighted by molar-refractivity contribution is 0.506. The van der Waals surface area contributed by atoms with Crippen LogP contribution >= 0.6 is 11.8 Å². The number of hydrogen-bond acceptors (Lipinski definition) is 4. The van der Waals surface area contributed by atoms with Gasteiger partial charge in [-0.2, -0.15) is 0 Å². The van der Waals surface area contributed by atoms with E-state index in [1.54, 1.807) is 0 Å². The lowest BCUT2D eigenvalue weighted by Crippen LogP contribution is -2.24. The Labute approximate surface area is 110 Å². The van der Waals surface area contributed by atoms with Gasteiger partial charge in [0.2, 0.25) is 0 Å². The topological polar surface area (TPSA) is 46.2 Å². The van der Waals surface area contributed by atoms with Gasteiger partial charge in [0.05, 0.1) is 5.75 Å². The third-order valence-electron chi connectivity index (χ3n) is 2.09. The zero-order valence-corrected chi connectivity index (χ0v) is 11.6. The van der Waals surface area contributed by atoms with Gasteiger partial charge in [0.15, 0.2) is 11.6 Å². The number of halogens is 2. The maximum Gasteiger partial charge on any atom is 0.159 e. The third-order valence-corrected chi connectivity index (χ3v) is 4.03. The molecule has 0 aromatic heterocycles. The van der Waals surface area contributed by atoms with Crippen molar-refractivity contribution in [3.8, 4) is 0 Å². The van der Waals surface area contributed by atoms with Gasteiger partial charge in [-0.15, -0.1) is 11.8 Å². The molecule has 0 amide bonds. The summed E-state index contributed by atoms with van der Waals surface area (Å²) in [5.41, 5.74) is 0. The Hall–Kier alpha value is -0.660. The number of nitrogens with one attached hydrogen (secondary N) is 1. The highest BCUT2D eigenvalue weighted by Gasteiger charge is 2.03. The minimum absolute atomic E-state index is 0.100. The van der Waals surface area contributed by atoms with Crippen molar-refractivity contribution in [3.63, 3.8) is 0 Å². The van der Waals surface area contributed by atoms with Crippen LogP contribution in [-0.4, -0.2) is 39.3 Å². The standard InChI is InChI=1S/C11H15F2NO2S2/c1-18(15,16)7-5-14-4-6-17-9-2-3-10(12)11(13)8-9/h2-3,8,14H,4-7H2,1H3. The van der Waals surface area contributed by atoms with Crippen LogP contribution < -0.4 is 5.32 Å². The SMILES string of the molecule is CS(=O)(=O)CCNCCSc1ccc(F)c(F)c1. The van der Waals surface area contributed by atoms with Crippen LogP contribution in [0.2, 0.25) is 0 Å². The van der Waals surface area contributed by atoms with E-state index in [-0.39, 0.29) is 5.75 Å². The van der Waals surface area contributed by atoms with E-state index in [1.807, 2.05) is 0 Å². The summed E-state index contributed by atoms with van der Waals surface area (Å²) in [6, 6.07) is 3.75. The number of hydrogen-bond donors (Lipinski definition) is 1. The van der Waals surface area contributed by atoms with Crippen LogP contribution in [0.1, 0.15) is 0 Å². The molecule has 0 aliphatic rings. The molecule has 0 saturated carbocycles. The van der Waals surface area contributed by atoms with Crippen molar-refractivity contribution in [2.24, 2.45) is 0 Å². The van der Waals surface area contributed by atoms with Crippen LogP contribution in [0.4, 0.5) is 8.78 Å². The van der Waals surface area contributed by atoms with Crippen molar-refractivity contribution < 1.29 is 17.2 Å².